The van der Waals surface area contributed by atoms with Gasteiger partial charge in [0.1, 0.15) is 4.99 Å². The molecule has 0 bridgehead atoms. The summed E-state index contributed by atoms with van der Waals surface area (Å²) in [5.41, 5.74) is 6.83. The van der Waals surface area contributed by atoms with Crippen molar-refractivity contribution < 1.29 is 14.6 Å². The quantitative estimate of drug-likeness (QED) is 0.771. The number of amides is 1. The molecule has 1 aliphatic heterocycles. The van der Waals surface area contributed by atoms with Gasteiger partial charge in [0.15, 0.2) is 0 Å². The lowest BCUT2D eigenvalue weighted by Gasteiger charge is -2.32. The van der Waals surface area contributed by atoms with Crippen LogP contribution in [0.1, 0.15) is 15.9 Å². The zero-order chi connectivity index (χ0) is 13.8. The monoisotopic (exact) mass is 280 g/mol. The molecule has 0 aliphatic carbocycles. The highest BCUT2D eigenvalue weighted by molar-refractivity contribution is 7.80. The second kappa shape index (κ2) is 6.10. The lowest BCUT2D eigenvalue weighted by Crippen LogP contribution is -2.46. The number of nitrogens with zero attached hydrogens (tertiary/aromatic N) is 1. The number of morpholine rings is 1. The Morgan fingerprint density at radius 3 is 2.63 bits per heavy atom. The van der Waals surface area contributed by atoms with Gasteiger partial charge < -0.3 is 20.5 Å². The topological polar surface area (TPSA) is 75.8 Å². The van der Waals surface area contributed by atoms with E-state index in [-0.39, 0.29) is 18.6 Å². The van der Waals surface area contributed by atoms with Gasteiger partial charge in [-0.25, -0.2) is 0 Å². The lowest BCUT2D eigenvalue weighted by atomic mass is 10.1. The molecule has 2 rings (SSSR count). The average Bonchev–Trinajstić information content (AvgIpc) is 2.46. The third-order valence-corrected chi connectivity index (χ3v) is 3.28. The second-order valence-electron chi connectivity index (χ2n) is 4.37. The molecule has 0 saturated carbocycles. The molecular weight excluding hydrogens is 264 g/mol. The van der Waals surface area contributed by atoms with Gasteiger partial charge in [0.2, 0.25) is 0 Å². The lowest BCUT2D eigenvalue weighted by molar-refractivity contribution is -0.0447. The molecule has 102 valence electrons. The van der Waals surface area contributed by atoms with E-state index >= 15 is 0 Å². The number of aliphatic hydroxyl groups is 1. The molecule has 0 radical (unpaired) electrons. The summed E-state index contributed by atoms with van der Waals surface area (Å²) in [6.45, 7) is 1.31. The summed E-state index contributed by atoms with van der Waals surface area (Å²) in [5.74, 6) is -0.0729. The first kappa shape index (κ1) is 13.9. The second-order valence-corrected chi connectivity index (χ2v) is 4.81. The number of benzene rings is 1. The number of hydrogen-bond acceptors (Lipinski definition) is 4. The zero-order valence-electron chi connectivity index (χ0n) is 10.4. The summed E-state index contributed by atoms with van der Waals surface area (Å²) < 4.78 is 5.32. The molecule has 19 heavy (non-hydrogen) atoms. The van der Waals surface area contributed by atoms with Gasteiger partial charge in [-0.2, -0.15) is 0 Å². The maximum absolute atomic E-state index is 12.3. The molecule has 3 N–H and O–H groups in total. The van der Waals surface area contributed by atoms with E-state index in [0.29, 0.717) is 30.2 Å². The molecule has 1 aromatic rings. The Bertz CT molecular complexity index is 475. The van der Waals surface area contributed by atoms with Crippen molar-refractivity contribution in [2.24, 2.45) is 5.73 Å². The fourth-order valence-electron chi connectivity index (χ4n) is 1.97. The summed E-state index contributed by atoms with van der Waals surface area (Å²) in [4.78, 5) is 14.3. The van der Waals surface area contributed by atoms with Crippen LogP contribution in [0.3, 0.4) is 0 Å². The highest BCUT2D eigenvalue weighted by Crippen LogP contribution is 2.11. The summed E-state index contributed by atoms with van der Waals surface area (Å²) in [6, 6.07) is 6.89. The first-order chi connectivity index (χ1) is 9.11. The molecule has 0 aromatic heterocycles. The van der Waals surface area contributed by atoms with Crippen molar-refractivity contribution in [3.05, 3.63) is 35.4 Å². The fraction of sp³-hybridized carbons (Fsp3) is 0.385. The van der Waals surface area contributed by atoms with E-state index in [1.807, 2.05) is 0 Å². The van der Waals surface area contributed by atoms with Crippen molar-refractivity contribution in [2.45, 2.75) is 6.10 Å². The summed E-state index contributed by atoms with van der Waals surface area (Å²) in [5, 5.41) is 9.07. The van der Waals surface area contributed by atoms with Gasteiger partial charge in [-0.1, -0.05) is 24.4 Å². The van der Waals surface area contributed by atoms with E-state index < -0.39 is 0 Å². The number of rotatable bonds is 3. The van der Waals surface area contributed by atoms with Crippen molar-refractivity contribution in [1.82, 2.24) is 4.90 Å². The number of hydrogen-bond donors (Lipinski definition) is 2. The minimum atomic E-state index is -0.298. The van der Waals surface area contributed by atoms with Crippen LogP contribution < -0.4 is 5.73 Å². The fourth-order valence-corrected chi connectivity index (χ4v) is 2.11. The van der Waals surface area contributed by atoms with E-state index in [2.05, 4.69) is 0 Å². The standard InChI is InChI=1S/C13H16N2O3S/c14-12(19)9-1-3-10(4-2-9)13(17)15-5-6-18-11(7-15)8-16/h1-4,11,16H,5-8H2,(H2,14,19). The predicted octanol–water partition coefficient (Wildman–Crippen LogP) is 0.154. The first-order valence-electron chi connectivity index (χ1n) is 6.03. The molecular formula is C13H16N2O3S. The van der Waals surface area contributed by atoms with Gasteiger partial charge in [0.25, 0.3) is 5.91 Å². The summed E-state index contributed by atoms with van der Waals surface area (Å²) >= 11 is 4.87. The van der Waals surface area contributed by atoms with Crippen LogP contribution in [0.5, 0.6) is 0 Å². The van der Waals surface area contributed by atoms with Crippen molar-refractivity contribution in [2.75, 3.05) is 26.3 Å². The number of carbonyl (C=O) groups excluding carboxylic acids is 1. The van der Waals surface area contributed by atoms with Crippen LogP contribution in [0, 0.1) is 0 Å². The molecule has 1 aromatic carbocycles. The van der Waals surface area contributed by atoms with Crippen LogP contribution in [-0.2, 0) is 4.74 Å². The van der Waals surface area contributed by atoms with E-state index in [4.69, 9.17) is 27.8 Å². The number of carbonyl (C=O) groups is 1. The van der Waals surface area contributed by atoms with Crippen LogP contribution in [0.15, 0.2) is 24.3 Å². The minimum Gasteiger partial charge on any atom is -0.394 e. The SMILES string of the molecule is NC(=S)c1ccc(C(=O)N2CCOC(CO)C2)cc1. The Morgan fingerprint density at radius 1 is 1.42 bits per heavy atom. The molecule has 1 atom stereocenters. The molecule has 1 heterocycles. The van der Waals surface area contributed by atoms with Crippen LogP contribution in [0.2, 0.25) is 0 Å². The van der Waals surface area contributed by atoms with Gasteiger partial charge in [-0.05, 0) is 12.1 Å². The van der Waals surface area contributed by atoms with E-state index in [0.717, 1.165) is 5.56 Å². The van der Waals surface area contributed by atoms with Crippen molar-refractivity contribution >= 4 is 23.1 Å². The molecule has 0 spiro atoms. The molecule has 5 nitrogen and oxygen atoms in total. The Kier molecular flexibility index (Phi) is 4.47. The number of ether oxygens (including phenoxy) is 1. The normalized spacial score (nSPS) is 19.2. The highest BCUT2D eigenvalue weighted by atomic mass is 32.1. The van der Waals surface area contributed by atoms with Gasteiger partial charge in [-0.15, -0.1) is 0 Å². The van der Waals surface area contributed by atoms with Gasteiger partial charge in [0, 0.05) is 24.2 Å². The summed E-state index contributed by atoms with van der Waals surface area (Å²) in [6.07, 6.45) is -0.298. The Hall–Kier alpha value is -1.50. The van der Waals surface area contributed by atoms with Crippen molar-refractivity contribution in [3.8, 4) is 0 Å². The number of aliphatic hydroxyl groups excluding tert-OH is 1. The van der Waals surface area contributed by atoms with Gasteiger partial charge in [0.05, 0.1) is 19.3 Å². The largest absolute Gasteiger partial charge is 0.394 e. The number of nitrogens with two attached hydrogens (primary N) is 1. The van der Waals surface area contributed by atoms with Crippen LogP contribution in [-0.4, -0.2) is 53.3 Å². The number of thiocarbonyl (C=S) groups is 1. The van der Waals surface area contributed by atoms with Crippen LogP contribution in [0.4, 0.5) is 0 Å². The third kappa shape index (κ3) is 3.28. The van der Waals surface area contributed by atoms with E-state index in [1.165, 1.54) is 0 Å². The summed E-state index contributed by atoms with van der Waals surface area (Å²) in [7, 11) is 0. The van der Waals surface area contributed by atoms with Gasteiger partial charge in [-0.3, -0.25) is 4.79 Å². The Balaban J connectivity index is 2.08. The van der Waals surface area contributed by atoms with Crippen LogP contribution in [0.25, 0.3) is 0 Å². The average molecular weight is 280 g/mol. The van der Waals surface area contributed by atoms with E-state index in [1.54, 1.807) is 29.2 Å². The molecule has 1 fully saturated rings. The van der Waals surface area contributed by atoms with E-state index in [9.17, 15) is 4.79 Å². The molecule has 1 amide bonds. The molecule has 6 heteroatoms. The van der Waals surface area contributed by atoms with Gasteiger partial charge >= 0.3 is 0 Å². The minimum absolute atomic E-state index is 0.0729. The highest BCUT2D eigenvalue weighted by Gasteiger charge is 2.24. The smallest absolute Gasteiger partial charge is 0.254 e. The maximum atomic E-state index is 12.3. The Morgan fingerprint density at radius 2 is 2.05 bits per heavy atom. The molecule has 1 aliphatic rings. The van der Waals surface area contributed by atoms with Crippen LogP contribution >= 0.6 is 12.2 Å². The molecule has 1 saturated heterocycles. The van der Waals surface area contributed by atoms with Crippen molar-refractivity contribution in [1.29, 1.82) is 0 Å². The predicted molar refractivity (Wildman–Crippen MR) is 75.1 cm³/mol. The maximum Gasteiger partial charge on any atom is 0.254 e. The Labute approximate surface area is 117 Å². The first-order valence-corrected chi connectivity index (χ1v) is 6.44. The zero-order valence-corrected chi connectivity index (χ0v) is 11.2. The molecule has 1 unspecified atom stereocenters. The third-order valence-electron chi connectivity index (χ3n) is 3.05. The van der Waals surface area contributed by atoms with Crippen molar-refractivity contribution in [3.63, 3.8) is 0 Å².